The van der Waals surface area contributed by atoms with Crippen LogP contribution in [-0.4, -0.2) is 16.1 Å². The van der Waals surface area contributed by atoms with E-state index in [4.69, 9.17) is 0 Å². The second-order valence-corrected chi connectivity index (χ2v) is 4.83. The van der Waals surface area contributed by atoms with Crippen LogP contribution in [0.2, 0.25) is 0 Å². The van der Waals surface area contributed by atoms with Crippen molar-refractivity contribution in [3.8, 4) is 0 Å². The van der Waals surface area contributed by atoms with Gasteiger partial charge in [-0.15, -0.1) is 0 Å². The summed E-state index contributed by atoms with van der Waals surface area (Å²) in [4.78, 5) is 11.7. The molecule has 2 N–H and O–H groups in total. The lowest BCUT2D eigenvalue weighted by Gasteiger charge is -2.00. The van der Waals surface area contributed by atoms with Gasteiger partial charge in [0, 0.05) is 21.7 Å². The first-order valence-corrected chi connectivity index (χ1v) is 6.29. The van der Waals surface area contributed by atoms with Gasteiger partial charge in [0.15, 0.2) is 0 Å². The van der Waals surface area contributed by atoms with Gasteiger partial charge >= 0.3 is 0 Å². The number of carbonyl (C=O) groups is 1. The molecule has 0 radical (unpaired) electrons. The van der Waals surface area contributed by atoms with Crippen molar-refractivity contribution >= 4 is 33.7 Å². The van der Waals surface area contributed by atoms with Crippen molar-refractivity contribution in [3.63, 3.8) is 0 Å². The number of aromatic nitrogens is 2. The highest BCUT2D eigenvalue weighted by Crippen LogP contribution is 2.17. The first kappa shape index (κ1) is 13.5. The van der Waals surface area contributed by atoms with Crippen molar-refractivity contribution in [2.45, 2.75) is 6.92 Å². The fourth-order valence-electron chi connectivity index (χ4n) is 1.45. The number of H-pyrrole nitrogens is 1. The van der Waals surface area contributed by atoms with Gasteiger partial charge in [-0.1, -0.05) is 15.9 Å². The summed E-state index contributed by atoms with van der Waals surface area (Å²) in [5, 5.41) is 9.06. The number of carbonyl (C=O) groups excluding carboxylic acids is 1. The summed E-state index contributed by atoms with van der Waals surface area (Å²) in [6.07, 6.45) is 4.29. The highest BCUT2D eigenvalue weighted by Gasteiger charge is 2.04. The number of hydrogen-bond donors (Lipinski definition) is 2. The van der Waals surface area contributed by atoms with Crippen molar-refractivity contribution in [1.29, 1.82) is 0 Å². The van der Waals surface area contributed by atoms with Crippen LogP contribution in [0.1, 0.15) is 11.1 Å². The van der Waals surface area contributed by atoms with Gasteiger partial charge in [0.05, 0.1) is 6.20 Å². The summed E-state index contributed by atoms with van der Waals surface area (Å²) in [5.41, 5.74) is 1.17. The number of aryl methyl sites for hydroxylation is 1. The molecule has 0 aliphatic heterocycles. The Labute approximate surface area is 117 Å². The lowest BCUT2D eigenvalue weighted by Crippen LogP contribution is -2.09. The highest BCUT2D eigenvalue weighted by molar-refractivity contribution is 9.10. The zero-order valence-electron chi connectivity index (χ0n) is 10.1. The van der Waals surface area contributed by atoms with Gasteiger partial charge in [0.2, 0.25) is 5.91 Å². The fourth-order valence-corrected chi connectivity index (χ4v) is 1.82. The standard InChI is InChI=1S/C13H11BrFN3O/c1-8-7-16-18-13(8)17-12(19)5-2-9-6-10(14)3-4-11(9)15/h2-7H,1H3,(H2,16,17,18,19)/b5-2+. The molecule has 0 unspecified atom stereocenters. The second kappa shape index (κ2) is 5.79. The van der Waals surface area contributed by atoms with Crippen LogP contribution < -0.4 is 5.32 Å². The van der Waals surface area contributed by atoms with Crippen molar-refractivity contribution in [2.75, 3.05) is 5.32 Å². The van der Waals surface area contributed by atoms with E-state index in [-0.39, 0.29) is 11.7 Å². The quantitative estimate of drug-likeness (QED) is 0.852. The van der Waals surface area contributed by atoms with Crippen molar-refractivity contribution in [2.24, 2.45) is 0 Å². The zero-order chi connectivity index (χ0) is 13.8. The fraction of sp³-hybridized carbons (Fsp3) is 0.0769. The van der Waals surface area contributed by atoms with E-state index in [2.05, 4.69) is 31.4 Å². The zero-order valence-corrected chi connectivity index (χ0v) is 11.7. The molecule has 1 aromatic heterocycles. The molecule has 1 amide bonds. The monoisotopic (exact) mass is 323 g/mol. The molecule has 2 aromatic rings. The molecule has 0 saturated heterocycles. The van der Waals surface area contributed by atoms with Crippen molar-refractivity contribution in [3.05, 3.63) is 51.9 Å². The Morgan fingerprint density at radius 2 is 2.32 bits per heavy atom. The number of rotatable bonds is 3. The minimum absolute atomic E-state index is 0.339. The summed E-state index contributed by atoms with van der Waals surface area (Å²) >= 11 is 3.25. The molecule has 1 aromatic carbocycles. The molecular weight excluding hydrogens is 313 g/mol. The molecule has 0 saturated carbocycles. The maximum absolute atomic E-state index is 13.4. The summed E-state index contributed by atoms with van der Waals surface area (Å²) in [7, 11) is 0. The average Bonchev–Trinajstić information content (AvgIpc) is 2.76. The Balaban J connectivity index is 2.08. The van der Waals surface area contributed by atoms with Crippen LogP contribution in [0.5, 0.6) is 0 Å². The molecule has 0 atom stereocenters. The number of nitrogens with one attached hydrogen (secondary N) is 2. The lowest BCUT2D eigenvalue weighted by molar-refractivity contribution is -0.111. The van der Waals surface area contributed by atoms with Crippen molar-refractivity contribution in [1.82, 2.24) is 10.2 Å². The van der Waals surface area contributed by atoms with Gasteiger partial charge in [-0.05, 0) is 31.2 Å². The van der Waals surface area contributed by atoms with E-state index >= 15 is 0 Å². The Morgan fingerprint density at radius 1 is 1.53 bits per heavy atom. The minimum atomic E-state index is -0.384. The van der Waals surface area contributed by atoms with E-state index in [1.54, 1.807) is 18.3 Å². The smallest absolute Gasteiger partial charge is 0.249 e. The van der Waals surface area contributed by atoms with Gasteiger partial charge in [0.25, 0.3) is 0 Å². The molecule has 0 fully saturated rings. The Bertz CT molecular complexity index is 637. The molecule has 0 bridgehead atoms. The summed E-state index contributed by atoms with van der Waals surface area (Å²) in [6.45, 7) is 1.82. The van der Waals surface area contributed by atoms with Gasteiger partial charge in [-0.2, -0.15) is 5.10 Å². The van der Waals surface area contributed by atoms with Crippen LogP contribution in [0, 0.1) is 12.7 Å². The van der Waals surface area contributed by atoms with Crippen LogP contribution in [0.3, 0.4) is 0 Å². The second-order valence-electron chi connectivity index (χ2n) is 3.92. The summed E-state index contributed by atoms with van der Waals surface area (Å²) in [6, 6.07) is 4.53. The molecule has 98 valence electrons. The van der Waals surface area contributed by atoms with E-state index in [0.717, 1.165) is 10.0 Å². The summed E-state index contributed by atoms with van der Waals surface area (Å²) in [5.74, 6) is -0.207. The Kier molecular flexibility index (Phi) is 4.11. The largest absolute Gasteiger partial charge is 0.307 e. The number of halogens is 2. The van der Waals surface area contributed by atoms with E-state index in [0.29, 0.717) is 11.4 Å². The Morgan fingerprint density at radius 3 is 3.00 bits per heavy atom. The predicted molar refractivity (Wildman–Crippen MR) is 75.1 cm³/mol. The molecule has 19 heavy (non-hydrogen) atoms. The van der Waals surface area contributed by atoms with Gasteiger partial charge in [-0.3, -0.25) is 9.89 Å². The van der Waals surface area contributed by atoms with E-state index in [1.165, 1.54) is 18.2 Å². The number of amides is 1. The molecule has 2 rings (SSSR count). The molecule has 0 aliphatic rings. The number of benzene rings is 1. The van der Waals surface area contributed by atoms with Gasteiger partial charge in [-0.25, -0.2) is 4.39 Å². The van der Waals surface area contributed by atoms with Crippen LogP contribution in [0.25, 0.3) is 6.08 Å². The molecule has 0 spiro atoms. The highest BCUT2D eigenvalue weighted by atomic mass is 79.9. The molecule has 1 heterocycles. The third-order valence-corrected chi connectivity index (χ3v) is 2.94. The number of aromatic amines is 1. The predicted octanol–water partition coefficient (Wildman–Crippen LogP) is 3.27. The van der Waals surface area contributed by atoms with E-state index in [9.17, 15) is 9.18 Å². The first-order chi connectivity index (χ1) is 9.06. The molecule has 6 heteroatoms. The number of hydrogen-bond acceptors (Lipinski definition) is 2. The normalized spacial score (nSPS) is 10.9. The number of nitrogens with zero attached hydrogens (tertiary/aromatic N) is 1. The maximum atomic E-state index is 13.4. The molecule has 0 aliphatic carbocycles. The average molecular weight is 324 g/mol. The lowest BCUT2D eigenvalue weighted by atomic mass is 10.2. The van der Waals surface area contributed by atoms with Crippen LogP contribution >= 0.6 is 15.9 Å². The first-order valence-electron chi connectivity index (χ1n) is 5.50. The maximum Gasteiger partial charge on any atom is 0.249 e. The van der Waals surface area contributed by atoms with Crippen molar-refractivity contribution < 1.29 is 9.18 Å². The molecule has 4 nitrogen and oxygen atoms in total. The number of anilines is 1. The third-order valence-electron chi connectivity index (χ3n) is 2.45. The van der Waals surface area contributed by atoms with Gasteiger partial charge in [0.1, 0.15) is 11.6 Å². The topological polar surface area (TPSA) is 57.8 Å². The van der Waals surface area contributed by atoms with Gasteiger partial charge < -0.3 is 5.32 Å². The SMILES string of the molecule is Cc1cn[nH]c1NC(=O)/C=C/c1cc(Br)ccc1F. The van der Waals surface area contributed by atoms with Crippen LogP contribution in [0.4, 0.5) is 10.2 Å². The minimum Gasteiger partial charge on any atom is -0.307 e. The Hall–Kier alpha value is -1.95. The van der Waals surface area contributed by atoms with Crippen LogP contribution in [-0.2, 0) is 4.79 Å². The molecular formula is C13H11BrFN3O. The van der Waals surface area contributed by atoms with Crippen LogP contribution in [0.15, 0.2) is 34.9 Å². The van der Waals surface area contributed by atoms with E-state index < -0.39 is 0 Å². The summed E-state index contributed by atoms with van der Waals surface area (Å²) < 4.78 is 14.2. The third kappa shape index (κ3) is 3.51. The van der Waals surface area contributed by atoms with E-state index in [1.807, 2.05) is 6.92 Å².